The van der Waals surface area contributed by atoms with Crippen molar-refractivity contribution in [3.8, 4) is 17.3 Å². The molecule has 0 amide bonds. The molecule has 1 aliphatic carbocycles. The fourth-order valence-electron chi connectivity index (χ4n) is 5.91. The molecule has 10 nitrogen and oxygen atoms in total. The molecule has 11 heteroatoms. The Morgan fingerprint density at radius 3 is 2.55 bits per heavy atom. The van der Waals surface area contributed by atoms with Crippen molar-refractivity contribution < 1.29 is 17.9 Å². The Kier molecular flexibility index (Phi) is 6.41. The number of carbonyl (C=O) groups excluding carboxylic acids is 1. The second-order valence-corrected chi connectivity index (χ2v) is 13.1. The number of pyridine rings is 2. The molecule has 0 radical (unpaired) electrons. The van der Waals surface area contributed by atoms with Crippen molar-refractivity contribution in [1.82, 2.24) is 18.9 Å². The van der Waals surface area contributed by atoms with Crippen molar-refractivity contribution in [1.29, 1.82) is 0 Å². The van der Waals surface area contributed by atoms with E-state index in [2.05, 4.69) is 15.5 Å². The number of para-hydroxylation sites is 1. The minimum Gasteiger partial charge on any atom is -0.482 e. The van der Waals surface area contributed by atoms with E-state index in [1.54, 1.807) is 25.3 Å². The third kappa shape index (κ3) is 4.57. The lowest BCUT2D eigenvalue weighted by atomic mass is 10.2. The van der Waals surface area contributed by atoms with Crippen molar-refractivity contribution in [3.05, 3.63) is 71.9 Å². The first-order chi connectivity index (χ1) is 20.4. The first-order valence-corrected chi connectivity index (χ1v) is 15.8. The summed E-state index contributed by atoms with van der Waals surface area (Å²) < 4.78 is 38.1. The molecule has 0 unspecified atom stereocenters. The van der Waals surface area contributed by atoms with Crippen LogP contribution in [0.25, 0.3) is 28.1 Å². The zero-order valence-corrected chi connectivity index (χ0v) is 24.4. The lowest BCUT2D eigenvalue weighted by molar-refractivity contribution is 0.112. The molecule has 0 spiro atoms. The van der Waals surface area contributed by atoms with E-state index in [0.717, 1.165) is 59.5 Å². The fourth-order valence-corrected chi connectivity index (χ4v) is 7.32. The van der Waals surface area contributed by atoms with Crippen LogP contribution >= 0.6 is 0 Å². The Labute approximate surface area is 244 Å². The SMILES string of the molecule is COc1cc(C=O)cc2nc(-c3cc4ccc(N5CCN(c6ccccc6)CCS5(=O)=O)nc4n3CC3CC3)c(C)n12. The highest BCUT2D eigenvalue weighted by Crippen LogP contribution is 2.38. The second-order valence-electron chi connectivity index (χ2n) is 11.1. The summed E-state index contributed by atoms with van der Waals surface area (Å²) in [5.74, 6) is 1.52. The number of carbonyl (C=O) groups is 1. The van der Waals surface area contributed by atoms with E-state index >= 15 is 0 Å². The van der Waals surface area contributed by atoms with E-state index in [9.17, 15) is 13.2 Å². The number of sulfonamides is 1. The molecule has 2 aliphatic rings. The number of nitrogens with zero attached hydrogens (tertiary/aromatic N) is 6. The van der Waals surface area contributed by atoms with Crippen LogP contribution in [0, 0.1) is 12.8 Å². The van der Waals surface area contributed by atoms with Gasteiger partial charge in [0.15, 0.2) is 5.88 Å². The maximum atomic E-state index is 13.5. The molecule has 0 atom stereocenters. The number of benzene rings is 1. The number of aryl methyl sites for hydroxylation is 1. The first-order valence-electron chi connectivity index (χ1n) is 14.2. The fraction of sp³-hybridized carbons (Fsp3) is 0.323. The molecular weight excluding hydrogens is 552 g/mol. The number of anilines is 2. The molecule has 1 aromatic carbocycles. The molecule has 0 bridgehead atoms. The van der Waals surface area contributed by atoms with Crippen molar-refractivity contribution in [2.75, 3.05) is 41.7 Å². The van der Waals surface area contributed by atoms with Crippen LogP contribution in [0.15, 0.2) is 60.7 Å². The van der Waals surface area contributed by atoms with E-state index in [0.29, 0.717) is 48.5 Å². The monoisotopic (exact) mass is 584 g/mol. The lowest BCUT2D eigenvalue weighted by Crippen LogP contribution is -2.34. The Morgan fingerprint density at radius 2 is 1.81 bits per heavy atom. The molecule has 1 saturated carbocycles. The zero-order chi connectivity index (χ0) is 29.0. The third-order valence-electron chi connectivity index (χ3n) is 8.30. The maximum Gasteiger partial charge on any atom is 0.238 e. The predicted molar refractivity (Wildman–Crippen MR) is 163 cm³/mol. The topological polar surface area (TPSA) is 102 Å². The number of imidazole rings is 1. The van der Waals surface area contributed by atoms with Gasteiger partial charge in [0, 0.05) is 42.3 Å². The minimum atomic E-state index is -3.57. The zero-order valence-electron chi connectivity index (χ0n) is 23.6. The van der Waals surface area contributed by atoms with Crippen LogP contribution < -0.4 is 13.9 Å². The van der Waals surface area contributed by atoms with Crippen LogP contribution in [0.1, 0.15) is 28.9 Å². The van der Waals surface area contributed by atoms with Crippen LogP contribution in [-0.2, 0) is 16.6 Å². The van der Waals surface area contributed by atoms with Crippen LogP contribution in [0.4, 0.5) is 11.5 Å². The Balaban J connectivity index is 1.32. The van der Waals surface area contributed by atoms with Gasteiger partial charge in [-0.25, -0.2) is 18.4 Å². The Hall–Kier alpha value is -4.38. The van der Waals surface area contributed by atoms with Crippen LogP contribution in [0.2, 0.25) is 0 Å². The number of aldehydes is 1. The van der Waals surface area contributed by atoms with Crippen molar-refractivity contribution >= 4 is 44.5 Å². The third-order valence-corrected chi connectivity index (χ3v) is 10.0. The van der Waals surface area contributed by atoms with Gasteiger partial charge in [-0.3, -0.25) is 13.5 Å². The van der Waals surface area contributed by atoms with Gasteiger partial charge in [0.2, 0.25) is 10.0 Å². The molecule has 1 saturated heterocycles. The van der Waals surface area contributed by atoms with Gasteiger partial charge in [0.25, 0.3) is 0 Å². The minimum absolute atomic E-state index is 0.0149. The number of methoxy groups -OCH3 is 1. The van der Waals surface area contributed by atoms with Gasteiger partial charge in [0.1, 0.15) is 29.1 Å². The van der Waals surface area contributed by atoms with Crippen LogP contribution in [0.3, 0.4) is 0 Å². The van der Waals surface area contributed by atoms with Gasteiger partial charge in [0.05, 0.1) is 30.8 Å². The van der Waals surface area contributed by atoms with Crippen LogP contribution in [-0.4, -0.2) is 66.1 Å². The summed E-state index contributed by atoms with van der Waals surface area (Å²) >= 11 is 0. The predicted octanol–water partition coefficient (Wildman–Crippen LogP) is 4.55. The molecule has 216 valence electrons. The Morgan fingerprint density at radius 1 is 1.00 bits per heavy atom. The second kappa shape index (κ2) is 10.2. The molecular formula is C31H32N6O4S. The first kappa shape index (κ1) is 26.5. The molecule has 4 aromatic heterocycles. The van der Waals surface area contributed by atoms with E-state index in [-0.39, 0.29) is 5.75 Å². The smallest absolute Gasteiger partial charge is 0.238 e. The summed E-state index contributed by atoms with van der Waals surface area (Å²) in [7, 11) is -1.99. The molecule has 5 aromatic rings. The molecule has 1 aliphatic heterocycles. The Bertz CT molecular complexity index is 1930. The van der Waals surface area contributed by atoms with Crippen LogP contribution in [0.5, 0.6) is 5.88 Å². The highest BCUT2D eigenvalue weighted by atomic mass is 32.2. The molecule has 7 rings (SSSR count). The summed E-state index contributed by atoms with van der Waals surface area (Å²) in [6.07, 6.45) is 3.09. The number of aromatic nitrogens is 4. The van der Waals surface area contributed by atoms with Gasteiger partial charge in [-0.2, -0.15) is 0 Å². The largest absolute Gasteiger partial charge is 0.482 e. The van der Waals surface area contributed by atoms with E-state index in [1.807, 2.05) is 47.7 Å². The molecule has 2 fully saturated rings. The van der Waals surface area contributed by atoms with Crippen molar-refractivity contribution in [3.63, 3.8) is 0 Å². The average Bonchev–Trinajstić information content (AvgIpc) is 3.71. The standard InChI is InChI=1S/C31H32N6O4S/c1-21-30(32-28-16-23(20-38)17-29(41-2)37(21)28)26-18-24-10-11-27(33-31(24)35(26)19-22-8-9-22)36-13-12-34(14-15-42(36,39)40)25-6-4-3-5-7-25/h3-7,10-11,16-18,20,22H,8-9,12-15,19H2,1-2H3. The number of fused-ring (bicyclic) bond motifs is 2. The molecule has 42 heavy (non-hydrogen) atoms. The normalized spacial score (nSPS) is 17.1. The van der Waals surface area contributed by atoms with E-state index in [1.165, 1.54) is 4.31 Å². The number of hydrogen-bond donors (Lipinski definition) is 0. The maximum absolute atomic E-state index is 13.5. The highest BCUT2D eigenvalue weighted by Gasteiger charge is 2.31. The molecule has 5 heterocycles. The van der Waals surface area contributed by atoms with Crippen molar-refractivity contribution in [2.24, 2.45) is 5.92 Å². The average molecular weight is 585 g/mol. The summed E-state index contributed by atoms with van der Waals surface area (Å²) in [6, 6.07) is 19.2. The highest BCUT2D eigenvalue weighted by molar-refractivity contribution is 7.92. The van der Waals surface area contributed by atoms with Crippen molar-refractivity contribution in [2.45, 2.75) is 26.3 Å². The van der Waals surface area contributed by atoms with Gasteiger partial charge in [-0.05, 0) is 62.1 Å². The summed E-state index contributed by atoms with van der Waals surface area (Å²) in [6.45, 7) is 4.07. The number of hydrogen-bond acceptors (Lipinski definition) is 7. The van der Waals surface area contributed by atoms with E-state index in [4.69, 9.17) is 14.7 Å². The summed E-state index contributed by atoms with van der Waals surface area (Å²) in [5, 5.41) is 0.921. The van der Waals surface area contributed by atoms with Gasteiger partial charge in [-0.15, -0.1) is 0 Å². The lowest BCUT2D eigenvalue weighted by Gasteiger charge is -2.23. The molecule has 0 N–H and O–H groups in total. The number of rotatable bonds is 7. The summed E-state index contributed by atoms with van der Waals surface area (Å²) in [5.41, 5.74) is 5.44. The summed E-state index contributed by atoms with van der Waals surface area (Å²) in [4.78, 5) is 23.6. The van der Waals surface area contributed by atoms with Gasteiger partial charge < -0.3 is 14.2 Å². The van der Waals surface area contributed by atoms with E-state index < -0.39 is 10.0 Å². The van der Waals surface area contributed by atoms with Gasteiger partial charge >= 0.3 is 0 Å². The quantitative estimate of drug-likeness (QED) is 0.259. The van der Waals surface area contributed by atoms with Gasteiger partial charge in [-0.1, -0.05) is 18.2 Å². The number of ether oxygens (including phenoxy) is 1.